The van der Waals surface area contributed by atoms with Gasteiger partial charge in [0.05, 0.1) is 0 Å². The van der Waals surface area contributed by atoms with E-state index >= 15 is 0 Å². The molecular weight excluding hydrogens is 158 g/mol. The summed E-state index contributed by atoms with van der Waals surface area (Å²) in [6, 6.07) is 14.5. The van der Waals surface area contributed by atoms with Gasteiger partial charge in [-0.05, 0) is 24.6 Å². The number of rotatable bonds is 1. The summed E-state index contributed by atoms with van der Waals surface area (Å²) in [5.41, 5.74) is 3.67. The van der Waals surface area contributed by atoms with Gasteiger partial charge in [0.2, 0.25) is 5.69 Å². The summed E-state index contributed by atoms with van der Waals surface area (Å²) in [6.07, 6.45) is 1.97. The Morgan fingerprint density at radius 2 is 1.77 bits per heavy atom. The summed E-state index contributed by atoms with van der Waals surface area (Å²) in [7, 11) is 0. The number of pyridine rings is 1. The Labute approximate surface area is 78.1 Å². The summed E-state index contributed by atoms with van der Waals surface area (Å²) in [6.45, 7) is 2.10. The first-order valence-electron chi connectivity index (χ1n) is 4.40. The van der Waals surface area contributed by atoms with Gasteiger partial charge in [0.25, 0.3) is 0 Å². The van der Waals surface area contributed by atoms with Gasteiger partial charge >= 0.3 is 0 Å². The third-order valence-electron chi connectivity index (χ3n) is 2.04. The normalized spacial score (nSPS) is 9.92. The fourth-order valence-electron chi connectivity index (χ4n) is 1.36. The highest BCUT2D eigenvalue weighted by Crippen LogP contribution is 2.13. The molecule has 2 rings (SSSR count). The maximum atomic E-state index is 3.23. The molecule has 0 unspecified atom stereocenters. The highest BCUT2D eigenvalue weighted by Gasteiger charge is 2.02. The highest BCUT2D eigenvalue weighted by atomic mass is 14.7. The summed E-state index contributed by atoms with van der Waals surface area (Å²) >= 11 is 0. The van der Waals surface area contributed by atoms with Gasteiger partial charge in [-0.25, -0.2) is 4.98 Å². The first-order valence-corrected chi connectivity index (χ1v) is 4.40. The van der Waals surface area contributed by atoms with Crippen LogP contribution in [0.2, 0.25) is 0 Å². The largest absolute Gasteiger partial charge is 0.211 e. The van der Waals surface area contributed by atoms with Crippen molar-refractivity contribution in [2.24, 2.45) is 0 Å². The molecule has 0 saturated carbocycles. The van der Waals surface area contributed by atoms with Gasteiger partial charge in [-0.2, -0.15) is 0 Å². The molecule has 0 radical (unpaired) electrons. The van der Waals surface area contributed by atoms with Crippen LogP contribution in [0, 0.1) is 6.92 Å². The molecule has 1 aromatic heterocycles. The Hall–Kier alpha value is -1.63. The van der Waals surface area contributed by atoms with E-state index in [1.54, 1.807) is 0 Å². The maximum Gasteiger partial charge on any atom is 0.211 e. The number of nitrogens with one attached hydrogen (secondary N) is 1. The van der Waals surface area contributed by atoms with E-state index in [4.69, 9.17) is 0 Å². The van der Waals surface area contributed by atoms with Crippen molar-refractivity contribution in [1.82, 2.24) is 0 Å². The summed E-state index contributed by atoms with van der Waals surface area (Å²) < 4.78 is 0. The van der Waals surface area contributed by atoms with Crippen molar-refractivity contribution in [2.75, 3.05) is 0 Å². The lowest BCUT2D eigenvalue weighted by Gasteiger charge is -1.94. The number of hydrogen-bond donors (Lipinski definition) is 0. The lowest BCUT2D eigenvalue weighted by Crippen LogP contribution is -2.05. The van der Waals surface area contributed by atoms with Crippen LogP contribution in [0.15, 0.2) is 48.7 Å². The van der Waals surface area contributed by atoms with Gasteiger partial charge in [0, 0.05) is 17.7 Å². The molecule has 1 aromatic carbocycles. The monoisotopic (exact) mass is 170 g/mol. The van der Waals surface area contributed by atoms with Gasteiger partial charge in [-0.15, -0.1) is 0 Å². The van der Waals surface area contributed by atoms with Crippen LogP contribution < -0.4 is 4.98 Å². The quantitative estimate of drug-likeness (QED) is 0.624. The molecular formula is C12H12N+. The van der Waals surface area contributed by atoms with E-state index in [1.165, 1.54) is 16.8 Å². The Bertz CT molecular complexity index is 393. The minimum Gasteiger partial charge on any atom is -0.211 e. The van der Waals surface area contributed by atoms with Crippen molar-refractivity contribution < 1.29 is 4.98 Å². The molecule has 0 saturated heterocycles. The highest BCUT2D eigenvalue weighted by molar-refractivity contribution is 5.55. The molecule has 64 valence electrons. The number of aryl methyl sites for hydroxylation is 1. The molecule has 0 amide bonds. The van der Waals surface area contributed by atoms with Crippen LogP contribution >= 0.6 is 0 Å². The van der Waals surface area contributed by atoms with E-state index in [2.05, 4.69) is 36.2 Å². The first-order chi connectivity index (χ1) is 6.36. The standard InChI is InChI=1S/C12H11N/c1-10-7-8-13-12(9-10)11-5-3-2-4-6-11/h2-9H,1H3/p+1. The number of benzene rings is 1. The molecule has 0 spiro atoms. The van der Waals surface area contributed by atoms with Crippen molar-refractivity contribution in [2.45, 2.75) is 6.92 Å². The van der Waals surface area contributed by atoms with E-state index in [9.17, 15) is 0 Å². The Balaban J connectivity index is 2.48. The van der Waals surface area contributed by atoms with Crippen LogP contribution in [-0.4, -0.2) is 0 Å². The second kappa shape index (κ2) is 3.40. The van der Waals surface area contributed by atoms with Crippen molar-refractivity contribution in [3.05, 3.63) is 54.2 Å². The third kappa shape index (κ3) is 1.75. The van der Waals surface area contributed by atoms with Crippen LogP contribution in [0.1, 0.15) is 5.56 Å². The summed E-state index contributed by atoms with van der Waals surface area (Å²) in [5.74, 6) is 0. The number of H-pyrrole nitrogens is 1. The Morgan fingerprint density at radius 1 is 1.00 bits per heavy atom. The predicted molar refractivity (Wildman–Crippen MR) is 53.2 cm³/mol. The van der Waals surface area contributed by atoms with Crippen molar-refractivity contribution >= 4 is 0 Å². The minimum absolute atomic E-state index is 1.17. The molecule has 1 nitrogen and oxygen atoms in total. The van der Waals surface area contributed by atoms with Crippen LogP contribution in [0.3, 0.4) is 0 Å². The van der Waals surface area contributed by atoms with Crippen LogP contribution in [0.4, 0.5) is 0 Å². The minimum atomic E-state index is 1.17. The molecule has 1 N–H and O–H groups in total. The summed E-state index contributed by atoms with van der Waals surface area (Å²) in [5, 5.41) is 0. The van der Waals surface area contributed by atoms with Crippen LogP contribution in [0.5, 0.6) is 0 Å². The zero-order chi connectivity index (χ0) is 9.10. The number of hydrogen-bond acceptors (Lipinski definition) is 0. The first kappa shape index (κ1) is 7.99. The van der Waals surface area contributed by atoms with Gasteiger partial charge < -0.3 is 0 Å². The van der Waals surface area contributed by atoms with Gasteiger partial charge in [-0.3, -0.25) is 0 Å². The van der Waals surface area contributed by atoms with E-state index < -0.39 is 0 Å². The second-order valence-corrected chi connectivity index (χ2v) is 3.15. The van der Waals surface area contributed by atoms with Gasteiger partial charge in [0.1, 0.15) is 0 Å². The van der Waals surface area contributed by atoms with E-state index in [1.807, 2.05) is 24.4 Å². The molecule has 0 bridgehead atoms. The SMILES string of the molecule is Cc1cc[nH+]c(-c2ccccc2)c1. The van der Waals surface area contributed by atoms with E-state index in [0.717, 1.165) is 0 Å². The fraction of sp³-hybridized carbons (Fsp3) is 0.0833. The average Bonchev–Trinajstić information content (AvgIpc) is 2.19. The molecule has 13 heavy (non-hydrogen) atoms. The fourth-order valence-corrected chi connectivity index (χ4v) is 1.36. The van der Waals surface area contributed by atoms with Crippen molar-refractivity contribution in [3.63, 3.8) is 0 Å². The van der Waals surface area contributed by atoms with Crippen LogP contribution in [-0.2, 0) is 0 Å². The lowest BCUT2D eigenvalue weighted by molar-refractivity contribution is -0.364. The molecule has 0 atom stereocenters. The summed E-state index contributed by atoms with van der Waals surface area (Å²) in [4.78, 5) is 3.23. The van der Waals surface area contributed by atoms with Gasteiger partial charge in [-0.1, -0.05) is 18.2 Å². The number of aromatic nitrogens is 1. The molecule has 0 aliphatic carbocycles. The topological polar surface area (TPSA) is 14.1 Å². The van der Waals surface area contributed by atoms with Crippen molar-refractivity contribution in [3.8, 4) is 11.3 Å². The zero-order valence-corrected chi connectivity index (χ0v) is 7.62. The third-order valence-corrected chi connectivity index (χ3v) is 2.04. The maximum absolute atomic E-state index is 3.23. The molecule has 0 fully saturated rings. The molecule has 2 aromatic rings. The smallest absolute Gasteiger partial charge is 0.211 e. The van der Waals surface area contributed by atoms with Crippen molar-refractivity contribution in [1.29, 1.82) is 0 Å². The molecule has 1 heteroatoms. The van der Waals surface area contributed by atoms with E-state index in [-0.39, 0.29) is 0 Å². The lowest BCUT2D eigenvalue weighted by atomic mass is 10.1. The molecule has 0 aliphatic rings. The zero-order valence-electron chi connectivity index (χ0n) is 7.62. The number of aromatic amines is 1. The molecule has 1 heterocycles. The van der Waals surface area contributed by atoms with Crippen LogP contribution in [0.25, 0.3) is 11.3 Å². The average molecular weight is 170 g/mol. The molecule has 0 aliphatic heterocycles. The van der Waals surface area contributed by atoms with Gasteiger partial charge in [0.15, 0.2) is 6.20 Å². The predicted octanol–water partition coefficient (Wildman–Crippen LogP) is 2.48. The van der Waals surface area contributed by atoms with E-state index in [0.29, 0.717) is 0 Å². The second-order valence-electron chi connectivity index (χ2n) is 3.15. The Kier molecular flexibility index (Phi) is 2.09. The Morgan fingerprint density at radius 3 is 2.46 bits per heavy atom.